The van der Waals surface area contributed by atoms with Gasteiger partial charge in [-0.2, -0.15) is 0 Å². The minimum atomic E-state index is -0.0355. The molecule has 0 spiro atoms. The summed E-state index contributed by atoms with van der Waals surface area (Å²) in [6.07, 6.45) is 8.53. The Bertz CT molecular complexity index is 750. The maximum atomic E-state index is 12.3. The van der Waals surface area contributed by atoms with Crippen LogP contribution in [-0.4, -0.2) is 45.0 Å². The van der Waals surface area contributed by atoms with E-state index in [1.165, 1.54) is 49.6 Å². The van der Waals surface area contributed by atoms with E-state index < -0.39 is 0 Å². The number of benzene rings is 1. The average Bonchev–Trinajstić information content (AvgIpc) is 3.39. The molecule has 1 aromatic heterocycles. The van der Waals surface area contributed by atoms with Gasteiger partial charge in [-0.05, 0) is 66.8 Å². The van der Waals surface area contributed by atoms with E-state index in [9.17, 15) is 4.79 Å². The first-order valence-electron chi connectivity index (χ1n) is 9.85. The highest BCUT2D eigenvalue weighted by atomic mass is 32.2. The van der Waals surface area contributed by atoms with Crippen LogP contribution in [0.1, 0.15) is 51.0 Å². The SMILES string of the molecule is O=C(CSc1nnnn1C1CCCC1)Nc1ccc(N2CCCCC2)cc1. The second-order valence-electron chi connectivity index (χ2n) is 7.28. The van der Waals surface area contributed by atoms with E-state index in [4.69, 9.17) is 0 Å². The smallest absolute Gasteiger partial charge is 0.234 e. The molecule has 1 aromatic carbocycles. The van der Waals surface area contributed by atoms with Gasteiger partial charge in [-0.3, -0.25) is 4.79 Å². The summed E-state index contributed by atoms with van der Waals surface area (Å²) in [6.45, 7) is 2.25. The van der Waals surface area contributed by atoms with E-state index in [0.29, 0.717) is 11.8 Å². The van der Waals surface area contributed by atoms with Gasteiger partial charge in [0.25, 0.3) is 0 Å². The highest BCUT2D eigenvalue weighted by molar-refractivity contribution is 7.99. The number of rotatable bonds is 6. The van der Waals surface area contributed by atoms with Crippen LogP contribution in [0.2, 0.25) is 0 Å². The number of anilines is 2. The molecular weight excluding hydrogens is 360 g/mol. The maximum absolute atomic E-state index is 12.3. The van der Waals surface area contributed by atoms with Crippen molar-refractivity contribution in [2.45, 2.75) is 56.1 Å². The molecule has 1 aliphatic heterocycles. The molecule has 0 radical (unpaired) electrons. The minimum Gasteiger partial charge on any atom is -0.372 e. The number of aromatic nitrogens is 4. The predicted octanol–water partition coefficient (Wildman–Crippen LogP) is 3.51. The second-order valence-corrected chi connectivity index (χ2v) is 8.22. The van der Waals surface area contributed by atoms with E-state index in [-0.39, 0.29) is 5.91 Å². The molecule has 2 fully saturated rings. The molecule has 1 N–H and O–H groups in total. The molecule has 4 rings (SSSR count). The van der Waals surface area contributed by atoms with Crippen LogP contribution in [-0.2, 0) is 4.79 Å². The van der Waals surface area contributed by atoms with Crippen molar-refractivity contribution in [2.24, 2.45) is 0 Å². The lowest BCUT2D eigenvalue weighted by atomic mass is 10.1. The van der Waals surface area contributed by atoms with E-state index in [1.807, 2.05) is 16.8 Å². The average molecular weight is 387 g/mol. The van der Waals surface area contributed by atoms with Gasteiger partial charge < -0.3 is 10.2 Å². The number of carbonyl (C=O) groups is 1. The first-order valence-corrected chi connectivity index (χ1v) is 10.8. The highest BCUT2D eigenvalue weighted by Crippen LogP contribution is 2.31. The highest BCUT2D eigenvalue weighted by Gasteiger charge is 2.22. The molecule has 1 saturated heterocycles. The van der Waals surface area contributed by atoms with Crippen LogP contribution < -0.4 is 10.2 Å². The number of piperidine rings is 1. The zero-order chi connectivity index (χ0) is 18.5. The topological polar surface area (TPSA) is 75.9 Å². The molecular formula is C19H26N6OS. The predicted molar refractivity (Wildman–Crippen MR) is 107 cm³/mol. The molecule has 7 nitrogen and oxygen atoms in total. The van der Waals surface area contributed by atoms with Crippen LogP contribution in [0.25, 0.3) is 0 Å². The Kier molecular flexibility index (Phi) is 5.91. The summed E-state index contributed by atoms with van der Waals surface area (Å²) in [7, 11) is 0. The number of hydrogen-bond donors (Lipinski definition) is 1. The summed E-state index contributed by atoms with van der Waals surface area (Å²) in [5.41, 5.74) is 2.06. The van der Waals surface area contributed by atoms with Gasteiger partial charge in [-0.1, -0.05) is 24.6 Å². The van der Waals surface area contributed by atoms with Crippen molar-refractivity contribution < 1.29 is 4.79 Å². The third-order valence-electron chi connectivity index (χ3n) is 5.34. The molecule has 1 amide bonds. The minimum absolute atomic E-state index is 0.0355. The third-order valence-corrected chi connectivity index (χ3v) is 6.27. The number of hydrogen-bond acceptors (Lipinski definition) is 6. The van der Waals surface area contributed by atoms with E-state index >= 15 is 0 Å². The summed E-state index contributed by atoms with van der Waals surface area (Å²) in [5, 5.41) is 15.7. The molecule has 1 saturated carbocycles. The monoisotopic (exact) mass is 386 g/mol. The normalized spacial score (nSPS) is 18.0. The van der Waals surface area contributed by atoms with Gasteiger partial charge in [0.05, 0.1) is 11.8 Å². The number of tetrazole rings is 1. The van der Waals surface area contributed by atoms with Crippen molar-refractivity contribution in [1.29, 1.82) is 0 Å². The largest absolute Gasteiger partial charge is 0.372 e. The van der Waals surface area contributed by atoms with Crippen molar-refractivity contribution in [1.82, 2.24) is 20.2 Å². The zero-order valence-corrected chi connectivity index (χ0v) is 16.3. The molecule has 144 valence electrons. The molecule has 0 unspecified atom stereocenters. The van der Waals surface area contributed by atoms with Crippen molar-refractivity contribution in [2.75, 3.05) is 29.1 Å². The summed E-state index contributed by atoms with van der Waals surface area (Å²) < 4.78 is 1.89. The lowest BCUT2D eigenvalue weighted by molar-refractivity contribution is -0.113. The van der Waals surface area contributed by atoms with Gasteiger partial charge in [-0.15, -0.1) is 5.10 Å². The molecule has 2 aliphatic rings. The Morgan fingerprint density at radius 2 is 1.81 bits per heavy atom. The molecule has 27 heavy (non-hydrogen) atoms. The molecule has 2 heterocycles. The number of nitrogens with one attached hydrogen (secondary N) is 1. The summed E-state index contributed by atoms with van der Waals surface area (Å²) in [6, 6.07) is 8.53. The Morgan fingerprint density at radius 3 is 2.56 bits per heavy atom. The number of carbonyl (C=O) groups excluding carboxylic acids is 1. The van der Waals surface area contributed by atoms with Crippen LogP contribution in [0.4, 0.5) is 11.4 Å². The number of nitrogens with zero attached hydrogens (tertiary/aromatic N) is 5. The zero-order valence-electron chi connectivity index (χ0n) is 15.5. The van der Waals surface area contributed by atoms with Crippen LogP contribution in [0.3, 0.4) is 0 Å². The standard InChI is InChI=1S/C19H26N6OS/c26-18(14-27-19-21-22-23-25(19)17-6-2-3-7-17)20-15-8-10-16(11-9-15)24-12-4-1-5-13-24/h8-11,17H,1-7,12-14H2,(H,20,26). The lowest BCUT2D eigenvalue weighted by Crippen LogP contribution is -2.29. The van der Waals surface area contributed by atoms with Gasteiger partial charge in [0.1, 0.15) is 0 Å². The van der Waals surface area contributed by atoms with Crippen molar-refractivity contribution in [3.8, 4) is 0 Å². The number of amides is 1. The second kappa shape index (κ2) is 8.73. The summed E-state index contributed by atoms with van der Waals surface area (Å²) in [5.74, 6) is 0.271. The van der Waals surface area contributed by atoms with Gasteiger partial charge in [-0.25, -0.2) is 4.68 Å². The van der Waals surface area contributed by atoms with Crippen LogP contribution >= 0.6 is 11.8 Å². The Morgan fingerprint density at radius 1 is 1.07 bits per heavy atom. The lowest BCUT2D eigenvalue weighted by Gasteiger charge is -2.28. The van der Waals surface area contributed by atoms with Crippen LogP contribution in [0.5, 0.6) is 0 Å². The molecule has 1 aliphatic carbocycles. The van der Waals surface area contributed by atoms with Crippen molar-refractivity contribution >= 4 is 29.0 Å². The Balaban J connectivity index is 1.29. The maximum Gasteiger partial charge on any atom is 0.234 e. The van der Waals surface area contributed by atoms with Gasteiger partial charge in [0, 0.05) is 24.5 Å². The first kappa shape index (κ1) is 18.3. The summed E-state index contributed by atoms with van der Waals surface area (Å²) >= 11 is 1.40. The van der Waals surface area contributed by atoms with Gasteiger partial charge >= 0.3 is 0 Å². The first-order chi connectivity index (χ1) is 13.3. The third kappa shape index (κ3) is 4.61. The van der Waals surface area contributed by atoms with E-state index in [1.54, 1.807) is 0 Å². The fourth-order valence-corrected chi connectivity index (χ4v) is 4.64. The molecule has 0 bridgehead atoms. The van der Waals surface area contributed by atoms with E-state index in [0.717, 1.165) is 36.8 Å². The van der Waals surface area contributed by atoms with Crippen LogP contribution in [0.15, 0.2) is 29.4 Å². The Labute approximate surface area is 163 Å². The fourth-order valence-electron chi connectivity index (χ4n) is 3.89. The van der Waals surface area contributed by atoms with Gasteiger partial charge in [0.15, 0.2) is 0 Å². The Hall–Kier alpha value is -2.09. The van der Waals surface area contributed by atoms with Crippen molar-refractivity contribution in [3.63, 3.8) is 0 Å². The summed E-state index contributed by atoms with van der Waals surface area (Å²) in [4.78, 5) is 14.7. The van der Waals surface area contributed by atoms with Crippen LogP contribution in [0, 0.1) is 0 Å². The van der Waals surface area contributed by atoms with Gasteiger partial charge in [0.2, 0.25) is 11.1 Å². The molecule has 0 atom stereocenters. The van der Waals surface area contributed by atoms with E-state index in [2.05, 4.69) is 37.9 Å². The quantitative estimate of drug-likeness (QED) is 0.766. The molecule has 8 heteroatoms. The van der Waals surface area contributed by atoms with Crippen molar-refractivity contribution in [3.05, 3.63) is 24.3 Å². The molecule has 2 aromatic rings. The fraction of sp³-hybridized carbons (Fsp3) is 0.579. The number of thioether (sulfide) groups is 1.